The summed E-state index contributed by atoms with van der Waals surface area (Å²) in [7, 11) is 1.56. The van der Waals surface area contributed by atoms with Crippen LogP contribution in [0.5, 0.6) is 0 Å². The summed E-state index contributed by atoms with van der Waals surface area (Å²) in [6.07, 6.45) is -1.15. The molecule has 1 amide bonds. The van der Waals surface area contributed by atoms with Crippen LogP contribution in [0.4, 0.5) is 10.5 Å². The molecule has 1 aromatic carbocycles. The summed E-state index contributed by atoms with van der Waals surface area (Å²) in [5.74, 6) is 0.935. The lowest BCUT2D eigenvalue weighted by molar-refractivity contribution is -0.144. The average Bonchev–Trinajstić information content (AvgIpc) is 2.61. The van der Waals surface area contributed by atoms with E-state index in [4.69, 9.17) is 14.2 Å². The fourth-order valence-electron chi connectivity index (χ4n) is 2.22. The highest BCUT2D eigenvalue weighted by Gasteiger charge is 2.53. The molecule has 2 heterocycles. The topological polar surface area (TPSA) is 56.8 Å². The Morgan fingerprint density at radius 1 is 1.42 bits per heavy atom. The number of para-hydroxylation sites is 1. The van der Waals surface area contributed by atoms with E-state index in [-0.39, 0.29) is 17.5 Å². The zero-order chi connectivity index (χ0) is 13.2. The van der Waals surface area contributed by atoms with Crippen molar-refractivity contribution in [2.45, 2.75) is 23.7 Å². The van der Waals surface area contributed by atoms with E-state index in [1.807, 2.05) is 18.2 Å². The maximum Gasteiger partial charge on any atom is 0.412 e. The molecule has 2 aliphatic heterocycles. The molecule has 0 spiro atoms. The predicted molar refractivity (Wildman–Crippen MR) is 72.2 cm³/mol. The third-order valence-electron chi connectivity index (χ3n) is 3.22. The van der Waals surface area contributed by atoms with Crippen LogP contribution in [-0.2, 0) is 14.2 Å². The van der Waals surface area contributed by atoms with Crippen molar-refractivity contribution < 1.29 is 19.0 Å². The third-order valence-corrected chi connectivity index (χ3v) is 4.69. The highest BCUT2D eigenvalue weighted by Crippen LogP contribution is 2.43. The van der Waals surface area contributed by atoms with Gasteiger partial charge in [-0.15, -0.1) is 11.8 Å². The second-order valence-corrected chi connectivity index (χ2v) is 5.65. The fraction of sp³-hybridized carbons (Fsp3) is 0.462. The van der Waals surface area contributed by atoms with Gasteiger partial charge in [-0.05, 0) is 12.1 Å². The van der Waals surface area contributed by atoms with Gasteiger partial charge in [0, 0.05) is 18.6 Å². The number of carbonyl (C=O) groups excluding carboxylic acids is 1. The van der Waals surface area contributed by atoms with Crippen molar-refractivity contribution in [1.29, 1.82) is 0 Å². The highest BCUT2D eigenvalue weighted by molar-refractivity contribution is 8.01. The number of ether oxygens (including phenoxy) is 3. The van der Waals surface area contributed by atoms with Crippen molar-refractivity contribution in [2.75, 3.05) is 18.2 Å². The van der Waals surface area contributed by atoms with Crippen LogP contribution >= 0.6 is 11.8 Å². The number of methoxy groups -OCH3 is 1. The van der Waals surface area contributed by atoms with Gasteiger partial charge >= 0.3 is 6.09 Å². The van der Waals surface area contributed by atoms with Crippen LogP contribution in [0.1, 0.15) is 0 Å². The monoisotopic (exact) mass is 281 g/mol. The first-order chi connectivity index (χ1) is 9.28. The summed E-state index contributed by atoms with van der Waals surface area (Å²) in [6.45, 7) is 0. The van der Waals surface area contributed by atoms with Crippen LogP contribution in [-0.4, -0.2) is 42.7 Å². The molecule has 2 fully saturated rings. The summed E-state index contributed by atoms with van der Waals surface area (Å²) in [5, 5.41) is 2.88. The first-order valence-electron chi connectivity index (χ1n) is 6.10. The number of hydrogen-bond acceptors (Lipinski definition) is 5. The van der Waals surface area contributed by atoms with Gasteiger partial charge in [0.15, 0.2) is 12.4 Å². The lowest BCUT2D eigenvalue weighted by atomic mass is 10.2. The van der Waals surface area contributed by atoms with E-state index in [1.54, 1.807) is 31.0 Å². The molecule has 4 atom stereocenters. The smallest absolute Gasteiger partial charge is 0.412 e. The Hall–Kier alpha value is -1.24. The number of benzene rings is 1. The summed E-state index contributed by atoms with van der Waals surface area (Å²) < 4.78 is 16.3. The van der Waals surface area contributed by atoms with Gasteiger partial charge in [-0.3, -0.25) is 5.32 Å². The van der Waals surface area contributed by atoms with Crippen molar-refractivity contribution in [1.82, 2.24) is 0 Å². The van der Waals surface area contributed by atoms with E-state index < -0.39 is 12.4 Å². The van der Waals surface area contributed by atoms with E-state index in [2.05, 4.69) is 5.32 Å². The van der Waals surface area contributed by atoms with Gasteiger partial charge in [-0.2, -0.15) is 0 Å². The van der Waals surface area contributed by atoms with Crippen LogP contribution in [0.15, 0.2) is 30.3 Å². The Morgan fingerprint density at radius 3 is 2.84 bits per heavy atom. The summed E-state index contributed by atoms with van der Waals surface area (Å²) in [4.78, 5) is 11.9. The van der Waals surface area contributed by atoms with E-state index in [9.17, 15) is 4.79 Å². The second-order valence-electron chi connectivity index (χ2n) is 4.44. The van der Waals surface area contributed by atoms with Crippen molar-refractivity contribution in [3.05, 3.63) is 30.3 Å². The van der Waals surface area contributed by atoms with Crippen LogP contribution < -0.4 is 5.32 Å². The molecule has 102 valence electrons. The molecule has 2 saturated heterocycles. The molecule has 3 rings (SSSR count). The van der Waals surface area contributed by atoms with Crippen molar-refractivity contribution in [3.8, 4) is 0 Å². The third kappa shape index (κ3) is 2.56. The lowest BCUT2D eigenvalue weighted by Crippen LogP contribution is -2.42. The van der Waals surface area contributed by atoms with Crippen molar-refractivity contribution >= 4 is 23.5 Å². The number of thioether (sulfide) groups is 1. The maximum atomic E-state index is 11.9. The minimum Gasteiger partial charge on any atom is -0.439 e. The van der Waals surface area contributed by atoms with Crippen LogP contribution in [0, 0.1) is 0 Å². The normalized spacial score (nSPS) is 32.3. The molecular formula is C13H15NO4S. The Labute approximate surface area is 115 Å². The second kappa shape index (κ2) is 5.40. The molecule has 0 aromatic heterocycles. The first-order valence-corrected chi connectivity index (χ1v) is 7.15. The van der Waals surface area contributed by atoms with Gasteiger partial charge in [0.1, 0.15) is 0 Å². The zero-order valence-corrected chi connectivity index (χ0v) is 11.3. The molecule has 0 aliphatic carbocycles. The standard InChI is InChI=1S/C13H15NO4S/c1-16-12-10(11-9(17-12)7-19-11)18-13(15)14-8-5-3-2-4-6-8/h2-6,9-12H,7H2,1H3,(H,14,15). The molecular weight excluding hydrogens is 266 g/mol. The van der Waals surface area contributed by atoms with Gasteiger partial charge in [-0.25, -0.2) is 4.79 Å². The van der Waals surface area contributed by atoms with Crippen molar-refractivity contribution in [2.24, 2.45) is 0 Å². The quantitative estimate of drug-likeness (QED) is 0.919. The molecule has 2 aliphatic rings. The SMILES string of the molecule is COC1OC2CSC2C1OC(=O)Nc1ccccc1. The first kappa shape index (κ1) is 12.8. The maximum absolute atomic E-state index is 11.9. The Balaban J connectivity index is 1.59. The fourth-order valence-corrected chi connectivity index (χ4v) is 3.31. The number of anilines is 1. The van der Waals surface area contributed by atoms with E-state index in [0.717, 1.165) is 5.75 Å². The molecule has 0 saturated carbocycles. The van der Waals surface area contributed by atoms with Gasteiger partial charge < -0.3 is 14.2 Å². The Kier molecular flexibility index (Phi) is 3.63. The number of fused-ring (bicyclic) bond motifs is 1. The molecule has 5 nitrogen and oxygen atoms in total. The number of nitrogens with one attached hydrogen (secondary N) is 1. The Bertz CT molecular complexity index is 455. The average molecular weight is 281 g/mol. The van der Waals surface area contributed by atoms with Crippen LogP contribution in [0.3, 0.4) is 0 Å². The molecule has 19 heavy (non-hydrogen) atoms. The van der Waals surface area contributed by atoms with E-state index >= 15 is 0 Å². The van der Waals surface area contributed by atoms with E-state index in [0.29, 0.717) is 5.69 Å². The largest absolute Gasteiger partial charge is 0.439 e. The minimum atomic E-state index is -0.477. The molecule has 6 heteroatoms. The molecule has 0 bridgehead atoms. The lowest BCUT2D eigenvalue weighted by Gasteiger charge is -2.30. The number of hydrogen-bond donors (Lipinski definition) is 1. The number of carbonyl (C=O) groups is 1. The molecule has 1 aromatic rings. The van der Waals surface area contributed by atoms with Crippen LogP contribution in [0.25, 0.3) is 0 Å². The van der Waals surface area contributed by atoms with Gasteiger partial charge in [0.05, 0.1) is 11.4 Å². The van der Waals surface area contributed by atoms with Gasteiger partial charge in [0.2, 0.25) is 0 Å². The molecule has 0 radical (unpaired) electrons. The van der Waals surface area contributed by atoms with Crippen molar-refractivity contribution in [3.63, 3.8) is 0 Å². The van der Waals surface area contributed by atoms with Crippen LogP contribution in [0.2, 0.25) is 0 Å². The van der Waals surface area contributed by atoms with E-state index in [1.165, 1.54) is 0 Å². The zero-order valence-electron chi connectivity index (χ0n) is 10.4. The number of rotatable bonds is 3. The predicted octanol–water partition coefficient (Wildman–Crippen LogP) is 2.09. The molecule has 4 unspecified atom stereocenters. The summed E-state index contributed by atoms with van der Waals surface area (Å²) in [5.41, 5.74) is 0.707. The Morgan fingerprint density at radius 2 is 2.21 bits per heavy atom. The minimum absolute atomic E-state index is 0.143. The summed E-state index contributed by atoms with van der Waals surface area (Å²) >= 11 is 1.74. The highest BCUT2D eigenvalue weighted by atomic mass is 32.2. The van der Waals surface area contributed by atoms with Gasteiger partial charge in [0.25, 0.3) is 0 Å². The number of amides is 1. The molecule has 1 N–H and O–H groups in total. The summed E-state index contributed by atoms with van der Waals surface area (Å²) in [6, 6.07) is 9.20. The van der Waals surface area contributed by atoms with Gasteiger partial charge in [-0.1, -0.05) is 18.2 Å².